The van der Waals surface area contributed by atoms with Gasteiger partial charge in [0.15, 0.2) is 0 Å². The lowest BCUT2D eigenvalue weighted by Gasteiger charge is -2.21. The molecule has 1 nitrogen and oxygen atoms in total. The summed E-state index contributed by atoms with van der Waals surface area (Å²) in [5, 5.41) is 5.96. The maximum absolute atomic E-state index is 3.78. The second-order valence-electron chi connectivity index (χ2n) is 5.14. The van der Waals surface area contributed by atoms with E-state index in [1.807, 2.05) is 11.3 Å². The van der Waals surface area contributed by atoms with Crippen molar-refractivity contribution >= 4 is 11.3 Å². The van der Waals surface area contributed by atoms with E-state index in [0.717, 1.165) is 5.92 Å². The smallest absolute Gasteiger partial charge is 0.0115 e. The zero-order valence-corrected chi connectivity index (χ0v) is 11.2. The summed E-state index contributed by atoms with van der Waals surface area (Å²) in [6.45, 7) is 4.63. The predicted molar refractivity (Wildman–Crippen MR) is 72.0 cm³/mol. The van der Waals surface area contributed by atoms with E-state index in [9.17, 15) is 0 Å². The highest BCUT2D eigenvalue weighted by molar-refractivity contribution is 7.09. The van der Waals surface area contributed by atoms with Crippen LogP contribution in [0.3, 0.4) is 0 Å². The van der Waals surface area contributed by atoms with E-state index in [2.05, 4.69) is 36.7 Å². The van der Waals surface area contributed by atoms with E-state index < -0.39 is 0 Å². The van der Waals surface area contributed by atoms with Gasteiger partial charge < -0.3 is 5.32 Å². The Morgan fingerprint density at radius 1 is 1.50 bits per heavy atom. The molecule has 1 fully saturated rings. The fraction of sp³-hybridized carbons (Fsp3) is 0.714. The molecular formula is C14H23NS. The van der Waals surface area contributed by atoms with E-state index >= 15 is 0 Å². The van der Waals surface area contributed by atoms with Crippen LogP contribution in [0.2, 0.25) is 0 Å². The van der Waals surface area contributed by atoms with E-state index in [0.29, 0.717) is 12.1 Å². The van der Waals surface area contributed by atoms with E-state index in [1.54, 1.807) is 0 Å². The fourth-order valence-electron chi connectivity index (χ4n) is 2.32. The SMILES string of the molecule is CCC(Cc1cccs1)NC(C)CC1CC1. The Hall–Kier alpha value is -0.340. The number of nitrogens with one attached hydrogen (secondary N) is 1. The van der Waals surface area contributed by atoms with E-state index in [-0.39, 0.29) is 0 Å². The van der Waals surface area contributed by atoms with E-state index in [1.165, 1.54) is 37.0 Å². The van der Waals surface area contributed by atoms with Gasteiger partial charge in [-0.1, -0.05) is 25.8 Å². The lowest BCUT2D eigenvalue weighted by Crippen LogP contribution is -2.37. The number of thiophene rings is 1. The van der Waals surface area contributed by atoms with Gasteiger partial charge in [-0.3, -0.25) is 0 Å². The van der Waals surface area contributed by atoms with Gasteiger partial charge in [0.25, 0.3) is 0 Å². The molecule has 1 N–H and O–H groups in total. The Morgan fingerprint density at radius 2 is 2.31 bits per heavy atom. The van der Waals surface area contributed by atoms with Gasteiger partial charge in [0.1, 0.15) is 0 Å². The second-order valence-corrected chi connectivity index (χ2v) is 6.17. The van der Waals surface area contributed by atoms with Crippen LogP contribution in [-0.4, -0.2) is 12.1 Å². The van der Waals surface area contributed by atoms with E-state index in [4.69, 9.17) is 0 Å². The van der Waals surface area contributed by atoms with Crippen molar-refractivity contribution in [1.29, 1.82) is 0 Å². The maximum Gasteiger partial charge on any atom is 0.0115 e. The summed E-state index contributed by atoms with van der Waals surface area (Å²) in [6.07, 6.45) is 6.73. The monoisotopic (exact) mass is 237 g/mol. The van der Waals surface area contributed by atoms with Crippen molar-refractivity contribution in [2.75, 3.05) is 0 Å². The standard InChI is InChI=1S/C14H23NS/c1-3-13(10-14-5-4-8-16-14)15-11(2)9-12-6-7-12/h4-5,8,11-13,15H,3,6-7,9-10H2,1-2H3. The molecule has 1 heterocycles. The highest BCUT2D eigenvalue weighted by Gasteiger charge is 2.24. The van der Waals surface area contributed by atoms with Gasteiger partial charge in [-0.15, -0.1) is 11.3 Å². The summed E-state index contributed by atoms with van der Waals surface area (Å²) >= 11 is 1.88. The normalized spacial score (nSPS) is 19.6. The summed E-state index contributed by atoms with van der Waals surface area (Å²) in [6, 6.07) is 5.76. The van der Waals surface area contributed by atoms with Crippen LogP contribution in [0.25, 0.3) is 0 Å². The first kappa shape index (κ1) is 12.1. The highest BCUT2D eigenvalue weighted by Crippen LogP contribution is 2.33. The van der Waals surface area contributed by atoms with Crippen LogP contribution in [0.1, 0.15) is 44.4 Å². The molecule has 0 aliphatic heterocycles. The highest BCUT2D eigenvalue weighted by atomic mass is 32.1. The third kappa shape index (κ3) is 3.91. The topological polar surface area (TPSA) is 12.0 Å². The molecule has 0 bridgehead atoms. The van der Waals surface area contributed by atoms with Crippen LogP contribution in [-0.2, 0) is 6.42 Å². The van der Waals surface area contributed by atoms with Crippen LogP contribution in [0.5, 0.6) is 0 Å². The molecule has 1 aromatic rings. The predicted octanol–water partition coefficient (Wildman–Crippen LogP) is 3.85. The fourth-order valence-corrected chi connectivity index (χ4v) is 3.10. The van der Waals surface area contributed by atoms with Crippen molar-refractivity contribution in [2.24, 2.45) is 5.92 Å². The first-order valence-corrected chi connectivity index (χ1v) is 7.44. The molecule has 2 heteroatoms. The minimum atomic E-state index is 0.660. The molecule has 1 aliphatic rings. The minimum absolute atomic E-state index is 0.660. The zero-order chi connectivity index (χ0) is 11.4. The van der Waals surface area contributed by atoms with Crippen molar-refractivity contribution in [2.45, 2.75) is 58.0 Å². The molecule has 16 heavy (non-hydrogen) atoms. The average Bonchev–Trinajstić information content (AvgIpc) is 2.92. The second kappa shape index (κ2) is 5.83. The van der Waals surface area contributed by atoms with Crippen LogP contribution in [0, 0.1) is 5.92 Å². The van der Waals surface area contributed by atoms with Crippen LogP contribution < -0.4 is 5.32 Å². The van der Waals surface area contributed by atoms with Gasteiger partial charge in [-0.25, -0.2) is 0 Å². The molecule has 90 valence electrons. The molecule has 2 atom stereocenters. The van der Waals surface area contributed by atoms with Crippen molar-refractivity contribution in [3.05, 3.63) is 22.4 Å². The molecule has 0 saturated heterocycles. The van der Waals surface area contributed by atoms with Gasteiger partial charge in [-0.2, -0.15) is 0 Å². The molecule has 2 rings (SSSR count). The lowest BCUT2D eigenvalue weighted by atomic mass is 10.1. The zero-order valence-electron chi connectivity index (χ0n) is 10.4. The molecule has 0 aromatic carbocycles. The summed E-state index contributed by atoms with van der Waals surface area (Å²) in [5.41, 5.74) is 0. The number of rotatable bonds is 7. The largest absolute Gasteiger partial charge is 0.311 e. The van der Waals surface area contributed by atoms with Crippen molar-refractivity contribution in [1.82, 2.24) is 5.32 Å². The average molecular weight is 237 g/mol. The molecule has 0 amide bonds. The number of hydrogen-bond donors (Lipinski definition) is 1. The maximum atomic E-state index is 3.78. The molecule has 2 unspecified atom stereocenters. The van der Waals surface area contributed by atoms with Gasteiger partial charge in [0, 0.05) is 17.0 Å². The van der Waals surface area contributed by atoms with Gasteiger partial charge in [0.2, 0.25) is 0 Å². The summed E-state index contributed by atoms with van der Waals surface area (Å²) in [7, 11) is 0. The summed E-state index contributed by atoms with van der Waals surface area (Å²) in [5.74, 6) is 1.03. The van der Waals surface area contributed by atoms with Gasteiger partial charge >= 0.3 is 0 Å². The van der Waals surface area contributed by atoms with Crippen molar-refractivity contribution < 1.29 is 0 Å². The summed E-state index contributed by atoms with van der Waals surface area (Å²) in [4.78, 5) is 1.51. The van der Waals surface area contributed by atoms with Crippen molar-refractivity contribution in [3.63, 3.8) is 0 Å². The lowest BCUT2D eigenvalue weighted by molar-refractivity contribution is 0.404. The Kier molecular flexibility index (Phi) is 4.42. The van der Waals surface area contributed by atoms with Crippen LogP contribution in [0.4, 0.5) is 0 Å². The number of hydrogen-bond acceptors (Lipinski definition) is 2. The third-order valence-corrected chi connectivity index (χ3v) is 4.32. The van der Waals surface area contributed by atoms with Crippen molar-refractivity contribution in [3.8, 4) is 0 Å². The van der Waals surface area contributed by atoms with Crippen LogP contribution in [0.15, 0.2) is 17.5 Å². The molecule has 0 radical (unpaired) electrons. The van der Waals surface area contributed by atoms with Gasteiger partial charge in [-0.05, 0) is 43.6 Å². The summed E-state index contributed by atoms with van der Waals surface area (Å²) < 4.78 is 0. The molecule has 1 aliphatic carbocycles. The molecule has 1 saturated carbocycles. The third-order valence-electron chi connectivity index (χ3n) is 3.42. The molecule has 0 spiro atoms. The Balaban J connectivity index is 1.75. The molecular weight excluding hydrogens is 214 g/mol. The van der Waals surface area contributed by atoms with Crippen LogP contribution >= 0.6 is 11.3 Å². The first-order valence-electron chi connectivity index (χ1n) is 6.56. The minimum Gasteiger partial charge on any atom is -0.311 e. The molecule has 1 aromatic heterocycles. The quantitative estimate of drug-likeness (QED) is 0.759. The Morgan fingerprint density at radius 3 is 2.88 bits per heavy atom. The Labute approximate surface area is 103 Å². The van der Waals surface area contributed by atoms with Gasteiger partial charge in [0.05, 0.1) is 0 Å². The first-order chi connectivity index (χ1) is 7.78. The Bertz CT molecular complexity index is 290.